The van der Waals surface area contributed by atoms with Gasteiger partial charge in [-0.2, -0.15) is 0 Å². The highest BCUT2D eigenvalue weighted by atomic mass is 35.5. The minimum atomic E-state index is -1.29. The third-order valence-corrected chi connectivity index (χ3v) is 6.25. The molecule has 39 heavy (non-hydrogen) atoms. The Labute approximate surface area is 225 Å². The molecule has 1 N–H and O–H groups in total. The number of ether oxygens (including phenoxy) is 2. The molecule has 0 unspecified atom stereocenters. The van der Waals surface area contributed by atoms with E-state index in [-0.39, 0.29) is 38.8 Å². The Kier molecular flexibility index (Phi) is 6.70. The second-order valence-electron chi connectivity index (χ2n) is 8.52. The molecule has 0 aliphatic carbocycles. The summed E-state index contributed by atoms with van der Waals surface area (Å²) in [7, 11) is 0. The molecule has 0 heterocycles. The third-order valence-electron chi connectivity index (χ3n) is 5.95. The van der Waals surface area contributed by atoms with Gasteiger partial charge in [0.1, 0.15) is 11.5 Å². The summed E-state index contributed by atoms with van der Waals surface area (Å²) in [4.78, 5) is 47.6. The van der Waals surface area contributed by atoms with Crippen molar-refractivity contribution >= 4 is 57.0 Å². The highest BCUT2D eigenvalue weighted by Gasteiger charge is 2.15. The number of carbonyl (C=O) groups excluding carboxylic acids is 3. The maximum atomic E-state index is 12.7. The van der Waals surface area contributed by atoms with Crippen LogP contribution in [0.3, 0.4) is 0 Å². The van der Waals surface area contributed by atoms with E-state index in [9.17, 15) is 24.3 Å². The average Bonchev–Trinajstić information content (AvgIpc) is 2.93. The number of benzene rings is 5. The lowest BCUT2D eigenvalue weighted by atomic mass is 10.0. The van der Waals surface area contributed by atoms with Crippen molar-refractivity contribution in [3.05, 3.63) is 118 Å². The first kappa shape index (κ1) is 25.4. The van der Waals surface area contributed by atoms with Crippen molar-refractivity contribution in [1.29, 1.82) is 0 Å². The topological polar surface area (TPSA) is 130 Å². The van der Waals surface area contributed by atoms with E-state index < -0.39 is 23.9 Å². The van der Waals surface area contributed by atoms with Crippen molar-refractivity contribution in [3.8, 4) is 11.5 Å². The van der Waals surface area contributed by atoms with Crippen molar-refractivity contribution < 1.29 is 38.9 Å². The lowest BCUT2D eigenvalue weighted by molar-refractivity contribution is -0.255. The van der Waals surface area contributed by atoms with E-state index in [4.69, 9.17) is 26.2 Å². The highest BCUT2D eigenvalue weighted by Crippen LogP contribution is 2.30. The monoisotopic (exact) mass is 539 g/mol. The number of halogens is 1. The van der Waals surface area contributed by atoms with Gasteiger partial charge < -0.3 is 24.5 Å². The first-order valence-electron chi connectivity index (χ1n) is 11.4. The van der Waals surface area contributed by atoms with Gasteiger partial charge in [0, 0.05) is 6.07 Å². The van der Waals surface area contributed by atoms with Crippen LogP contribution >= 0.6 is 11.6 Å². The molecule has 0 aliphatic heterocycles. The number of aromatic carboxylic acids is 2. The van der Waals surface area contributed by atoms with E-state index in [0.29, 0.717) is 21.5 Å². The van der Waals surface area contributed by atoms with Crippen molar-refractivity contribution in [1.82, 2.24) is 0 Å². The number of carboxylic acids is 2. The van der Waals surface area contributed by atoms with Crippen LogP contribution in [0.15, 0.2) is 91.0 Å². The van der Waals surface area contributed by atoms with Crippen LogP contribution in [0.4, 0.5) is 0 Å². The summed E-state index contributed by atoms with van der Waals surface area (Å²) in [5.41, 5.74) is 0.642. The van der Waals surface area contributed by atoms with Gasteiger partial charge in [0.05, 0.1) is 27.7 Å². The van der Waals surface area contributed by atoms with Crippen molar-refractivity contribution in [2.45, 2.75) is 0 Å². The largest absolute Gasteiger partial charge is 0.545 e. The van der Waals surface area contributed by atoms with Gasteiger partial charge in [0.15, 0.2) is 0 Å². The summed E-state index contributed by atoms with van der Waals surface area (Å²) in [5.74, 6) is -3.50. The molecule has 8 nitrogen and oxygen atoms in total. The van der Waals surface area contributed by atoms with Crippen molar-refractivity contribution in [3.63, 3.8) is 0 Å². The Balaban J connectivity index is 1.29. The zero-order valence-electron chi connectivity index (χ0n) is 19.8. The molecular weight excluding hydrogens is 524 g/mol. The lowest BCUT2D eigenvalue weighted by Gasteiger charge is -2.10. The summed E-state index contributed by atoms with van der Waals surface area (Å²) in [5, 5.41) is 22.8. The molecule has 0 radical (unpaired) electrons. The summed E-state index contributed by atoms with van der Waals surface area (Å²) >= 11 is 6.27. The van der Waals surface area contributed by atoms with Crippen molar-refractivity contribution in [2.75, 3.05) is 0 Å². The van der Waals surface area contributed by atoms with E-state index in [2.05, 4.69) is 0 Å². The number of fused-ring (bicyclic) bond motifs is 2. The molecule has 5 rings (SSSR count). The molecule has 9 heteroatoms. The number of carbonyl (C=O) groups is 4. The number of rotatable bonds is 6. The molecular formula is C30H16ClO8-. The number of esters is 2. The van der Waals surface area contributed by atoms with Gasteiger partial charge in [-0.05, 0) is 81.7 Å². The van der Waals surface area contributed by atoms with Gasteiger partial charge in [-0.15, -0.1) is 0 Å². The van der Waals surface area contributed by atoms with Crippen LogP contribution < -0.4 is 14.6 Å². The molecule has 0 saturated carbocycles. The van der Waals surface area contributed by atoms with Crippen LogP contribution in [0, 0.1) is 0 Å². The fourth-order valence-electron chi connectivity index (χ4n) is 3.96. The first-order chi connectivity index (χ1) is 18.7. The second-order valence-corrected chi connectivity index (χ2v) is 8.92. The molecule has 5 aromatic carbocycles. The average molecular weight is 540 g/mol. The normalized spacial score (nSPS) is 10.8. The van der Waals surface area contributed by atoms with Gasteiger partial charge in [-0.1, -0.05) is 41.9 Å². The predicted octanol–water partition coefficient (Wildman–Crippen LogP) is 5.15. The van der Waals surface area contributed by atoms with Gasteiger partial charge >= 0.3 is 17.9 Å². The molecule has 0 aromatic heterocycles. The Hall–Kier alpha value is -5.21. The smallest absolute Gasteiger partial charge is 0.343 e. The zero-order valence-corrected chi connectivity index (χ0v) is 20.6. The van der Waals surface area contributed by atoms with E-state index >= 15 is 0 Å². The highest BCUT2D eigenvalue weighted by molar-refractivity contribution is 6.32. The Morgan fingerprint density at radius 1 is 0.590 bits per heavy atom. The van der Waals surface area contributed by atoms with Crippen LogP contribution in [0.25, 0.3) is 21.5 Å². The van der Waals surface area contributed by atoms with Gasteiger partial charge in [0.25, 0.3) is 0 Å². The standard InChI is InChI=1S/C30H17ClO8/c31-25-15-24(38-29(36)22-7-3-16-11-20(27(32)33)5-1-18(16)13-22)9-10-26(25)39-30(37)23-8-4-17-12-21(28(34)35)6-2-19(17)14-23/h1-15H,(H,32,33)(H,34,35)/p-1. The van der Waals surface area contributed by atoms with Crippen molar-refractivity contribution in [2.24, 2.45) is 0 Å². The summed E-state index contributed by atoms with van der Waals surface area (Å²) in [6.45, 7) is 0. The van der Waals surface area contributed by atoms with E-state index in [1.165, 1.54) is 54.6 Å². The van der Waals surface area contributed by atoms with Crippen LogP contribution in [0.5, 0.6) is 11.5 Å². The van der Waals surface area contributed by atoms with E-state index in [0.717, 1.165) is 0 Å². The fourth-order valence-corrected chi connectivity index (χ4v) is 4.17. The molecule has 0 bridgehead atoms. The predicted molar refractivity (Wildman–Crippen MR) is 141 cm³/mol. The van der Waals surface area contributed by atoms with Gasteiger partial charge in [0.2, 0.25) is 0 Å². The third kappa shape index (κ3) is 5.41. The first-order valence-corrected chi connectivity index (χ1v) is 11.8. The summed E-state index contributed by atoms with van der Waals surface area (Å²) in [6.07, 6.45) is 0. The molecule has 0 spiro atoms. The summed E-state index contributed by atoms with van der Waals surface area (Å²) in [6, 6.07) is 22.5. The van der Waals surface area contributed by atoms with E-state index in [1.54, 1.807) is 36.4 Å². The SMILES string of the molecule is O=C([O-])c1ccc2cc(C(=O)Oc3ccc(OC(=O)c4ccc5cc(C(=O)O)ccc5c4)cc3Cl)ccc2c1. The van der Waals surface area contributed by atoms with Gasteiger partial charge in [-0.3, -0.25) is 0 Å². The molecule has 0 amide bonds. The maximum Gasteiger partial charge on any atom is 0.343 e. The molecule has 5 aromatic rings. The summed E-state index contributed by atoms with van der Waals surface area (Å²) < 4.78 is 10.8. The van der Waals surface area contributed by atoms with E-state index in [1.807, 2.05) is 0 Å². The Bertz CT molecular complexity index is 1830. The van der Waals surface area contributed by atoms with Crippen LogP contribution in [0.1, 0.15) is 41.4 Å². The second kappa shape index (κ2) is 10.3. The number of hydrogen-bond acceptors (Lipinski definition) is 7. The lowest BCUT2D eigenvalue weighted by Crippen LogP contribution is -2.21. The molecule has 0 saturated heterocycles. The Morgan fingerprint density at radius 2 is 1.05 bits per heavy atom. The van der Waals surface area contributed by atoms with Gasteiger partial charge in [-0.25, -0.2) is 14.4 Å². The molecule has 192 valence electrons. The minimum absolute atomic E-state index is 0.0281. The van der Waals surface area contributed by atoms with Crippen LogP contribution in [0.2, 0.25) is 5.02 Å². The maximum absolute atomic E-state index is 12.7. The minimum Gasteiger partial charge on any atom is -0.545 e. The molecule has 0 fully saturated rings. The molecule has 0 atom stereocenters. The number of hydrogen-bond donors (Lipinski definition) is 1. The van der Waals surface area contributed by atoms with Crippen LogP contribution in [-0.2, 0) is 0 Å². The zero-order chi connectivity index (χ0) is 27.7. The fraction of sp³-hybridized carbons (Fsp3) is 0. The quantitative estimate of drug-likeness (QED) is 0.232. The Morgan fingerprint density at radius 3 is 1.56 bits per heavy atom. The van der Waals surface area contributed by atoms with Crippen LogP contribution in [-0.4, -0.2) is 29.0 Å². The molecule has 0 aliphatic rings. The number of carboxylic acid groups (broad SMARTS) is 2.